The predicted octanol–water partition coefficient (Wildman–Crippen LogP) is 2.30. The monoisotopic (exact) mass is 328 g/mol. The summed E-state index contributed by atoms with van der Waals surface area (Å²) in [6, 6.07) is 13.4. The molecule has 1 aliphatic carbocycles. The molecule has 2 N–H and O–H groups in total. The molecule has 2 amide bonds. The molecule has 0 aliphatic heterocycles. The zero-order valence-electron chi connectivity index (χ0n) is 12.8. The minimum Gasteiger partial charge on any atom is -0.352 e. The minimum atomic E-state index is -0.523. The van der Waals surface area contributed by atoms with Gasteiger partial charge in [-0.1, -0.05) is 36.4 Å². The van der Waals surface area contributed by atoms with Gasteiger partial charge in [-0.3, -0.25) is 9.59 Å². The maximum Gasteiger partial charge on any atom is 0.243 e. The highest BCUT2D eigenvalue weighted by Gasteiger charge is 2.28. The van der Waals surface area contributed by atoms with Crippen LogP contribution < -0.4 is 10.6 Å². The van der Waals surface area contributed by atoms with Crippen LogP contribution in [0.4, 0.5) is 0 Å². The van der Waals surface area contributed by atoms with Crippen molar-refractivity contribution in [2.24, 2.45) is 0 Å². The van der Waals surface area contributed by atoms with E-state index in [0.29, 0.717) is 12.8 Å². The predicted molar refractivity (Wildman–Crippen MR) is 91.3 cm³/mol. The minimum absolute atomic E-state index is 0.0871. The summed E-state index contributed by atoms with van der Waals surface area (Å²) in [5, 5.41) is 7.83. The molecule has 0 bridgehead atoms. The second-order valence-electron chi connectivity index (χ2n) is 5.85. The number of hydrogen-bond donors (Lipinski definition) is 2. The summed E-state index contributed by atoms with van der Waals surface area (Å²) in [5.41, 5.74) is 1.04. The van der Waals surface area contributed by atoms with E-state index in [-0.39, 0.29) is 17.9 Å². The van der Waals surface area contributed by atoms with Gasteiger partial charge in [0.2, 0.25) is 11.8 Å². The quantitative estimate of drug-likeness (QED) is 0.819. The summed E-state index contributed by atoms with van der Waals surface area (Å²) in [4.78, 5) is 25.6. The van der Waals surface area contributed by atoms with Crippen molar-refractivity contribution in [2.45, 2.75) is 37.8 Å². The fourth-order valence-electron chi connectivity index (χ4n) is 2.41. The molecule has 2 aromatic rings. The van der Waals surface area contributed by atoms with Crippen LogP contribution in [-0.4, -0.2) is 23.9 Å². The number of benzene rings is 1. The van der Waals surface area contributed by atoms with Crippen LogP contribution in [0.2, 0.25) is 0 Å². The van der Waals surface area contributed by atoms with E-state index in [9.17, 15) is 9.59 Å². The molecule has 0 radical (unpaired) electrons. The molecule has 1 aromatic heterocycles. The molecule has 1 saturated carbocycles. The van der Waals surface area contributed by atoms with E-state index in [4.69, 9.17) is 0 Å². The van der Waals surface area contributed by atoms with E-state index in [1.165, 1.54) is 0 Å². The molecule has 23 heavy (non-hydrogen) atoms. The standard InChI is InChI=1S/C18H20N2O2S/c21-17(12-15-7-4-10-23-15)20-16(18(22)19-14-8-9-14)11-13-5-2-1-3-6-13/h1-7,10,14,16H,8-9,11-12H2,(H,19,22)(H,20,21). The van der Waals surface area contributed by atoms with Crippen LogP contribution in [0.1, 0.15) is 23.3 Å². The molecule has 5 heteroatoms. The lowest BCUT2D eigenvalue weighted by atomic mass is 10.0. The molecule has 120 valence electrons. The van der Waals surface area contributed by atoms with Crippen molar-refractivity contribution >= 4 is 23.2 Å². The Morgan fingerprint density at radius 2 is 1.91 bits per heavy atom. The lowest BCUT2D eigenvalue weighted by Crippen LogP contribution is -2.49. The number of thiophene rings is 1. The summed E-state index contributed by atoms with van der Waals surface area (Å²) < 4.78 is 0. The number of carbonyl (C=O) groups is 2. The lowest BCUT2D eigenvalue weighted by Gasteiger charge is -2.18. The number of amides is 2. The van der Waals surface area contributed by atoms with Gasteiger partial charge in [0.05, 0.1) is 6.42 Å². The first-order chi connectivity index (χ1) is 11.2. The second-order valence-corrected chi connectivity index (χ2v) is 6.88. The number of hydrogen-bond acceptors (Lipinski definition) is 3. The molecule has 1 aliphatic rings. The molecule has 1 atom stereocenters. The van der Waals surface area contributed by atoms with E-state index in [0.717, 1.165) is 23.3 Å². The Morgan fingerprint density at radius 3 is 2.57 bits per heavy atom. The first-order valence-corrected chi connectivity index (χ1v) is 8.75. The fraction of sp³-hybridized carbons (Fsp3) is 0.333. The highest BCUT2D eigenvalue weighted by molar-refractivity contribution is 7.10. The Balaban J connectivity index is 1.63. The van der Waals surface area contributed by atoms with Crippen molar-refractivity contribution in [2.75, 3.05) is 0 Å². The first-order valence-electron chi connectivity index (χ1n) is 7.87. The van der Waals surface area contributed by atoms with Gasteiger partial charge in [-0.25, -0.2) is 0 Å². The first kappa shape index (κ1) is 15.7. The van der Waals surface area contributed by atoms with Crippen molar-refractivity contribution in [3.63, 3.8) is 0 Å². The third-order valence-electron chi connectivity index (χ3n) is 3.77. The summed E-state index contributed by atoms with van der Waals surface area (Å²) in [5.74, 6) is -0.199. The Labute approximate surface area is 139 Å². The summed E-state index contributed by atoms with van der Waals surface area (Å²) >= 11 is 1.55. The van der Waals surface area contributed by atoms with Crippen LogP contribution >= 0.6 is 11.3 Å². The van der Waals surface area contributed by atoms with Gasteiger partial charge in [0.1, 0.15) is 6.04 Å². The third-order valence-corrected chi connectivity index (χ3v) is 4.65. The Morgan fingerprint density at radius 1 is 1.13 bits per heavy atom. The topological polar surface area (TPSA) is 58.2 Å². The molecule has 3 rings (SSSR count). The zero-order valence-corrected chi connectivity index (χ0v) is 13.6. The largest absolute Gasteiger partial charge is 0.352 e. The highest BCUT2D eigenvalue weighted by atomic mass is 32.1. The molecule has 1 heterocycles. The second kappa shape index (κ2) is 7.42. The van der Waals surface area contributed by atoms with E-state index >= 15 is 0 Å². The van der Waals surface area contributed by atoms with Gasteiger partial charge in [0.25, 0.3) is 0 Å². The van der Waals surface area contributed by atoms with Crippen molar-refractivity contribution < 1.29 is 9.59 Å². The van der Waals surface area contributed by atoms with Crippen LogP contribution in [0.15, 0.2) is 47.8 Å². The average Bonchev–Trinajstić information content (AvgIpc) is 3.21. The van der Waals surface area contributed by atoms with Crippen LogP contribution in [0.5, 0.6) is 0 Å². The smallest absolute Gasteiger partial charge is 0.243 e. The Hall–Kier alpha value is -2.14. The molecular weight excluding hydrogens is 308 g/mol. The maximum atomic E-state index is 12.4. The average molecular weight is 328 g/mol. The van der Waals surface area contributed by atoms with Crippen molar-refractivity contribution in [3.05, 3.63) is 58.3 Å². The van der Waals surface area contributed by atoms with Gasteiger partial charge < -0.3 is 10.6 Å². The number of carbonyl (C=O) groups excluding carboxylic acids is 2. The van der Waals surface area contributed by atoms with E-state index in [1.54, 1.807) is 11.3 Å². The molecule has 0 spiro atoms. The Kier molecular flexibility index (Phi) is 5.08. The van der Waals surface area contributed by atoms with Crippen molar-refractivity contribution in [3.8, 4) is 0 Å². The van der Waals surface area contributed by atoms with Gasteiger partial charge in [0.15, 0.2) is 0 Å². The SMILES string of the molecule is O=C(Cc1cccs1)NC(Cc1ccccc1)C(=O)NC1CC1. The van der Waals surface area contributed by atoms with Gasteiger partial charge in [0, 0.05) is 17.3 Å². The van der Waals surface area contributed by atoms with Gasteiger partial charge in [-0.2, -0.15) is 0 Å². The zero-order chi connectivity index (χ0) is 16.1. The lowest BCUT2D eigenvalue weighted by molar-refractivity contribution is -0.128. The third kappa shape index (κ3) is 4.93. The number of rotatable bonds is 7. The van der Waals surface area contributed by atoms with E-state index < -0.39 is 6.04 Å². The summed E-state index contributed by atoms with van der Waals surface area (Å²) in [7, 11) is 0. The molecule has 1 fully saturated rings. The molecule has 4 nitrogen and oxygen atoms in total. The van der Waals surface area contributed by atoms with Crippen LogP contribution in [0.25, 0.3) is 0 Å². The van der Waals surface area contributed by atoms with Gasteiger partial charge >= 0.3 is 0 Å². The van der Waals surface area contributed by atoms with Crippen molar-refractivity contribution in [1.82, 2.24) is 10.6 Å². The Bertz CT molecular complexity index is 651. The molecule has 1 aromatic carbocycles. The summed E-state index contributed by atoms with van der Waals surface area (Å²) in [6.07, 6.45) is 2.90. The van der Waals surface area contributed by atoms with Crippen LogP contribution in [-0.2, 0) is 22.4 Å². The number of nitrogens with one attached hydrogen (secondary N) is 2. The maximum absolute atomic E-state index is 12.4. The van der Waals surface area contributed by atoms with Crippen molar-refractivity contribution in [1.29, 1.82) is 0 Å². The van der Waals surface area contributed by atoms with E-state index in [2.05, 4.69) is 10.6 Å². The summed E-state index contributed by atoms with van der Waals surface area (Å²) in [6.45, 7) is 0. The van der Waals surface area contributed by atoms with Crippen LogP contribution in [0, 0.1) is 0 Å². The molecular formula is C18H20N2O2S. The van der Waals surface area contributed by atoms with E-state index in [1.807, 2.05) is 47.8 Å². The molecule has 0 saturated heterocycles. The molecule has 1 unspecified atom stereocenters. The fourth-order valence-corrected chi connectivity index (χ4v) is 3.11. The van der Waals surface area contributed by atoms with Gasteiger partial charge in [-0.15, -0.1) is 11.3 Å². The highest BCUT2D eigenvalue weighted by Crippen LogP contribution is 2.19. The van der Waals surface area contributed by atoms with Crippen LogP contribution in [0.3, 0.4) is 0 Å². The van der Waals surface area contributed by atoms with Gasteiger partial charge in [-0.05, 0) is 29.9 Å². The normalized spacial score (nSPS) is 15.0.